The number of hydrogen-bond acceptors (Lipinski definition) is 1. The van der Waals surface area contributed by atoms with Gasteiger partial charge in [-0.25, -0.2) is 0 Å². The molecule has 0 aromatic carbocycles. The lowest BCUT2D eigenvalue weighted by Crippen LogP contribution is -2.42. The first-order valence-electron chi connectivity index (χ1n) is 7.92. The lowest BCUT2D eigenvalue weighted by molar-refractivity contribution is -0.157. The molecule has 2 atom stereocenters. The van der Waals surface area contributed by atoms with Gasteiger partial charge >= 0.3 is 5.97 Å². The van der Waals surface area contributed by atoms with Crippen LogP contribution in [0.25, 0.3) is 0 Å². The van der Waals surface area contributed by atoms with Crippen LogP contribution in [0.15, 0.2) is 0 Å². The average molecular weight is 252 g/mol. The molecule has 2 aliphatic rings. The van der Waals surface area contributed by atoms with E-state index in [1.807, 2.05) is 0 Å². The second-order valence-corrected chi connectivity index (χ2v) is 6.52. The van der Waals surface area contributed by atoms with Gasteiger partial charge in [0, 0.05) is 0 Å². The van der Waals surface area contributed by atoms with Gasteiger partial charge in [-0.05, 0) is 37.5 Å². The molecular formula is C16H28O2. The molecule has 1 N–H and O–H groups in total. The van der Waals surface area contributed by atoms with Gasteiger partial charge < -0.3 is 5.11 Å². The van der Waals surface area contributed by atoms with Gasteiger partial charge in [-0.2, -0.15) is 0 Å². The Bertz CT molecular complexity index is 279. The first-order chi connectivity index (χ1) is 8.69. The third-order valence-corrected chi connectivity index (χ3v) is 5.53. The Labute approximate surface area is 111 Å². The zero-order chi connectivity index (χ0) is 13.0. The van der Waals surface area contributed by atoms with Gasteiger partial charge in [0.25, 0.3) is 0 Å². The number of aliphatic carboxylic acids is 1. The third kappa shape index (κ3) is 2.73. The minimum atomic E-state index is -0.493. The first kappa shape index (κ1) is 13.9. The van der Waals surface area contributed by atoms with E-state index < -0.39 is 5.97 Å². The number of carboxylic acids is 1. The molecule has 0 amide bonds. The van der Waals surface area contributed by atoms with E-state index in [2.05, 4.69) is 6.92 Å². The van der Waals surface area contributed by atoms with E-state index in [-0.39, 0.29) is 5.41 Å². The largest absolute Gasteiger partial charge is 0.481 e. The molecule has 0 heterocycles. The lowest BCUT2D eigenvalue weighted by atomic mass is 9.60. The molecule has 0 aliphatic heterocycles. The van der Waals surface area contributed by atoms with Gasteiger partial charge in [0.2, 0.25) is 0 Å². The molecule has 0 saturated heterocycles. The van der Waals surface area contributed by atoms with Crippen molar-refractivity contribution in [2.75, 3.05) is 0 Å². The molecule has 2 nitrogen and oxygen atoms in total. The van der Waals surface area contributed by atoms with E-state index in [0.29, 0.717) is 11.8 Å². The molecule has 2 heteroatoms. The van der Waals surface area contributed by atoms with Crippen molar-refractivity contribution < 1.29 is 9.90 Å². The van der Waals surface area contributed by atoms with Crippen LogP contribution in [0, 0.1) is 17.3 Å². The summed E-state index contributed by atoms with van der Waals surface area (Å²) in [4.78, 5) is 11.9. The number of hydrogen-bond donors (Lipinski definition) is 1. The monoisotopic (exact) mass is 252 g/mol. The topological polar surface area (TPSA) is 37.3 Å². The highest BCUT2D eigenvalue weighted by molar-refractivity contribution is 5.75. The van der Waals surface area contributed by atoms with E-state index in [1.54, 1.807) is 0 Å². The molecule has 2 unspecified atom stereocenters. The summed E-state index contributed by atoms with van der Waals surface area (Å²) in [6.07, 6.45) is 12.8. The molecule has 104 valence electrons. The summed E-state index contributed by atoms with van der Waals surface area (Å²) in [5.41, 5.74) is -0.372. The average Bonchev–Trinajstić information content (AvgIpc) is 2.67. The zero-order valence-electron chi connectivity index (χ0n) is 11.8. The number of rotatable bonds is 3. The van der Waals surface area contributed by atoms with Crippen molar-refractivity contribution in [2.24, 2.45) is 17.3 Å². The summed E-state index contributed by atoms with van der Waals surface area (Å²) >= 11 is 0. The molecule has 0 bridgehead atoms. The molecule has 0 aromatic heterocycles. The zero-order valence-corrected chi connectivity index (χ0v) is 11.8. The van der Waals surface area contributed by atoms with Crippen molar-refractivity contribution in [1.82, 2.24) is 0 Å². The van der Waals surface area contributed by atoms with Crippen LogP contribution >= 0.6 is 0 Å². The van der Waals surface area contributed by atoms with E-state index in [0.717, 1.165) is 38.5 Å². The predicted octanol–water partition coefficient (Wildman–Crippen LogP) is 4.63. The van der Waals surface area contributed by atoms with Crippen LogP contribution in [0.1, 0.15) is 77.6 Å². The lowest BCUT2D eigenvalue weighted by Gasteiger charge is -2.43. The summed E-state index contributed by atoms with van der Waals surface area (Å²) in [5, 5.41) is 9.85. The van der Waals surface area contributed by atoms with Crippen LogP contribution in [0.5, 0.6) is 0 Å². The maximum Gasteiger partial charge on any atom is 0.309 e. The van der Waals surface area contributed by atoms with Crippen molar-refractivity contribution in [3.8, 4) is 0 Å². The van der Waals surface area contributed by atoms with Crippen LogP contribution in [-0.2, 0) is 4.79 Å². The highest BCUT2D eigenvalue weighted by Crippen LogP contribution is 2.50. The molecule has 18 heavy (non-hydrogen) atoms. The minimum absolute atomic E-state index is 0.372. The molecule has 2 saturated carbocycles. The maximum atomic E-state index is 11.9. The normalized spacial score (nSPS) is 35.1. The van der Waals surface area contributed by atoms with Crippen LogP contribution in [0.2, 0.25) is 0 Å². The van der Waals surface area contributed by atoms with Gasteiger partial charge in [0.15, 0.2) is 0 Å². The second-order valence-electron chi connectivity index (χ2n) is 6.52. The minimum Gasteiger partial charge on any atom is -0.481 e. The third-order valence-electron chi connectivity index (χ3n) is 5.53. The predicted molar refractivity (Wildman–Crippen MR) is 73.5 cm³/mol. The Hall–Kier alpha value is -0.530. The van der Waals surface area contributed by atoms with Crippen molar-refractivity contribution in [3.63, 3.8) is 0 Å². The first-order valence-corrected chi connectivity index (χ1v) is 7.92. The fourth-order valence-electron chi connectivity index (χ4n) is 4.35. The Morgan fingerprint density at radius 3 is 2.33 bits per heavy atom. The van der Waals surface area contributed by atoms with Crippen molar-refractivity contribution in [3.05, 3.63) is 0 Å². The van der Waals surface area contributed by atoms with E-state index in [4.69, 9.17) is 0 Å². The highest BCUT2D eigenvalue weighted by Gasteiger charge is 2.47. The molecule has 2 fully saturated rings. The summed E-state index contributed by atoms with van der Waals surface area (Å²) in [6.45, 7) is 2.22. The number of carbonyl (C=O) groups is 1. The molecule has 0 aromatic rings. The van der Waals surface area contributed by atoms with Crippen LogP contribution in [-0.4, -0.2) is 11.1 Å². The van der Waals surface area contributed by atoms with E-state index in [1.165, 1.54) is 32.1 Å². The maximum absolute atomic E-state index is 11.9. The molecule has 2 rings (SSSR count). The van der Waals surface area contributed by atoms with Gasteiger partial charge in [0.05, 0.1) is 5.41 Å². The van der Waals surface area contributed by atoms with Gasteiger partial charge in [-0.15, -0.1) is 0 Å². The van der Waals surface area contributed by atoms with Gasteiger partial charge in [-0.3, -0.25) is 4.79 Å². The Morgan fingerprint density at radius 1 is 1.11 bits per heavy atom. The Balaban J connectivity index is 2.16. The molecular weight excluding hydrogens is 224 g/mol. The Kier molecular flexibility index (Phi) is 4.69. The van der Waals surface area contributed by atoms with Crippen LogP contribution < -0.4 is 0 Å². The fraction of sp³-hybridized carbons (Fsp3) is 0.938. The van der Waals surface area contributed by atoms with Gasteiger partial charge in [0.1, 0.15) is 0 Å². The van der Waals surface area contributed by atoms with Crippen molar-refractivity contribution in [1.29, 1.82) is 0 Å². The molecule has 2 aliphatic carbocycles. The number of carboxylic acid groups (broad SMARTS) is 1. The summed E-state index contributed by atoms with van der Waals surface area (Å²) in [7, 11) is 0. The van der Waals surface area contributed by atoms with Crippen molar-refractivity contribution >= 4 is 5.97 Å². The Morgan fingerprint density at radius 2 is 1.78 bits per heavy atom. The van der Waals surface area contributed by atoms with Gasteiger partial charge in [-0.1, -0.05) is 51.9 Å². The van der Waals surface area contributed by atoms with E-state index in [9.17, 15) is 9.90 Å². The smallest absolute Gasteiger partial charge is 0.309 e. The molecule has 0 spiro atoms. The summed E-state index contributed by atoms with van der Waals surface area (Å²) in [6, 6.07) is 0. The summed E-state index contributed by atoms with van der Waals surface area (Å²) < 4.78 is 0. The quantitative estimate of drug-likeness (QED) is 0.744. The SMILES string of the molecule is CCC1CCCC(C(=O)O)(C2CCCCCC2)C1. The van der Waals surface area contributed by atoms with Crippen molar-refractivity contribution in [2.45, 2.75) is 77.6 Å². The fourth-order valence-corrected chi connectivity index (χ4v) is 4.35. The second kappa shape index (κ2) is 6.08. The van der Waals surface area contributed by atoms with E-state index >= 15 is 0 Å². The standard InChI is InChI=1S/C16H28O2/c1-2-13-8-7-11-16(12-13,15(17)18)14-9-5-3-4-6-10-14/h13-14H,2-12H2,1H3,(H,17,18). The van der Waals surface area contributed by atoms with Crippen LogP contribution in [0.4, 0.5) is 0 Å². The van der Waals surface area contributed by atoms with Crippen LogP contribution in [0.3, 0.4) is 0 Å². The highest BCUT2D eigenvalue weighted by atomic mass is 16.4. The molecule has 0 radical (unpaired) electrons. The summed E-state index contributed by atoms with van der Waals surface area (Å²) in [5.74, 6) is 0.609.